The summed E-state index contributed by atoms with van der Waals surface area (Å²) in [5.41, 5.74) is 10.3. The van der Waals surface area contributed by atoms with E-state index in [0.29, 0.717) is 6.42 Å². The smallest absolute Gasteiger partial charge is 0.137 e. The lowest BCUT2D eigenvalue weighted by atomic mass is 10.1. The molecule has 21 heavy (non-hydrogen) atoms. The molecule has 2 N–H and O–H groups in total. The third-order valence-electron chi connectivity index (χ3n) is 3.62. The molecule has 3 rings (SSSR count). The number of ether oxygens (including phenoxy) is 1. The fourth-order valence-electron chi connectivity index (χ4n) is 2.71. The molecule has 0 fully saturated rings. The summed E-state index contributed by atoms with van der Waals surface area (Å²) in [7, 11) is 1.69. The number of hydrogen-bond donors (Lipinski definition) is 1. The van der Waals surface area contributed by atoms with Crippen LogP contribution in [-0.4, -0.2) is 16.5 Å². The first-order valence-electron chi connectivity index (χ1n) is 7.04. The van der Waals surface area contributed by atoms with E-state index in [2.05, 4.69) is 10.5 Å². The van der Waals surface area contributed by atoms with Crippen LogP contribution < -0.4 is 10.5 Å². The maximum absolute atomic E-state index is 6.16. The molecule has 0 saturated heterocycles. The molecule has 4 nitrogen and oxygen atoms in total. The van der Waals surface area contributed by atoms with Crippen LogP contribution in [0, 0.1) is 0 Å². The van der Waals surface area contributed by atoms with Crippen LogP contribution in [0.3, 0.4) is 0 Å². The van der Waals surface area contributed by atoms with E-state index in [-0.39, 0.29) is 6.04 Å². The van der Waals surface area contributed by atoms with Crippen LogP contribution >= 0.6 is 0 Å². The van der Waals surface area contributed by atoms with Crippen molar-refractivity contribution >= 4 is 5.65 Å². The molecule has 0 aliphatic heterocycles. The zero-order valence-electron chi connectivity index (χ0n) is 12.3. The SMILES string of the molecule is COc1ccccc1Cc1nc2ccccn2c1C(C)N. The minimum absolute atomic E-state index is 0.0768. The predicted molar refractivity (Wildman–Crippen MR) is 83.6 cm³/mol. The molecule has 1 unspecified atom stereocenters. The monoisotopic (exact) mass is 281 g/mol. The summed E-state index contributed by atoms with van der Waals surface area (Å²) in [4.78, 5) is 4.73. The second kappa shape index (κ2) is 5.58. The van der Waals surface area contributed by atoms with Gasteiger partial charge in [0.05, 0.1) is 18.5 Å². The third kappa shape index (κ3) is 2.50. The summed E-state index contributed by atoms with van der Waals surface area (Å²) < 4.78 is 7.49. The molecular weight excluding hydrogens is 262 g/mol. The molecule has 2 aromatic heterocycles. The first-order chi connectivity index (χ1) is 10.2. The number of nitrogens with zero attached hydrogens (tertiary/aromatic N) is 2. The highest BCUT2D eigenvalue weighted by molar-refractivity contribution is 5.46. The Morgan fingerprint density at radius 1 is 1.19 bits per heavy atom. The highest BCUT2D eigenvalue weighted by atomic mass is 16.5. The lowest BCUT2D eigenvalue weighted by molar-refractivity contribution is 0.410. The Labute approximate surface area is 124 Å². The van der Waals surface area contributed by atoms with Crippen LogP contribution in [0.1, 0.15) is 29.9 Å². The number of benzene rings is 1. The van der Waals surface area contributed by atoms with Crippen molar-refractivity contribution in [2.24, 2.45) is 5.73 Å². The number of rotatable bonds is 4. The van der Waals surface area contributed by atoms with Crippen LogP contribution in [0.2, 0.25) is 0 Å². The van der Waals surface area contributed by atoms with Crippen molar-refractivity contribution in [2.45, 2.75) is 19.4 Å². The van der Waals surface area contributed by atoms with Gasteiger partial charge < -0.3 is 14.9 Å². The summed E-state index contributed by atoms with van der Waals surface area (Å²) in [6.07, 6.45) is 2.72. The van der Waals surface area contributed by atoms with Gasteiger partial charge in [-0.05, 0) is 25.1 Å². The van der Waals surface area contributed by atoms with Gasteiger partial charge >= 0.3 is 0 Å². The predicted octanol–water partition coefficient (Wildman–Crippen LogP) is 2.95. The van der Waals surface area contributed by atoms with Crippen LogP contribution in [0.15, 0.2) is 48.7 Å². The average Bonchev–Trinajstić information content (AvgIpc) is 2.85. The molecular formula is C17H19N3O. The Bertz CT molecular complexity index is 762. The van der Waals surface area contributed by atoms with E-state index in [1.165, 1.54) is 0 Å². The Morgan fingerprint density at radius 2 is 1.95 bits per heavy atom. The second-order valence-corrected chi connectivity index (χ2v) is 5.15. The fourth-order valence-corrected chi connectivity index (χ4v) is 2.71. The van der Waals surface area contributed by atoms with Crippen molar-refractivity contribution in [1.29, 1.82) is 0 Å². The van der Waals surface area contributed by atoms with E-state index >= 15 is 0 Å². The van der Waals surface area contributed by atoms with Gasteiger partial charge in [-0.3, -0.25) is 0 Å². The first-order valence-corrected chi connectivity index (χ1v) is 7.04. The van der Waals surface area contributed by atoms with Crippen molar-refractivity contribution in [3.8, 4) is 5.75 Å². The van der Waals surface area contributed by atoms with Crippen molar-refractivity contribution in [1.82, 2.24) is 9.38 Å². The molecule has 0 spiro atoms. The Morgan fingerprint density at radius 3 is 2.71 bits per heavy atom. The minimum Gasteiger partial charge on any atom is -0.496 e. The number of fused-ring (bicyclic) bond motifs is 1. The van der Waals surface area contributed by atoms with Gasteiger partial charge in [-0.15, -0.1) is 0 Å². The summed E-state index contributed by atoms with van der Waals surface area (Å²) >= 11 is 0. The first kappa shape index (κ1) is 13.6. The van der Waals surface area contributed by atoms with E-state index in [0.717, 1.165) is 28.3 Å². The van der Waals surface area contributed by atoms with Gasteiger partial charge in [0.25, 0.3) is 0 Å². The zero-order valence-corrected chi connectivity index (χ0v) is 12.3. The Kier molecular flexibility index (Phi) is 3.62. The molecule has 4 heteroatoms. The van der Waals surface area contributed by atoms with Crippen LogP contribution in [0.25, 0.3) is 5.65 Å². The minimum atomic E-state index is -0.0768. The normalized spacial score (nSPS) is 12.5. The largest absolute Gasteiger partial charge is 0.496 e. The zero-order chi connectivity index (χ0) is 14.8. The summed E-state index contributed by atoms with van der Waals surface area (Å²) in [5.74, 6) is 0.880. The van der Waals surface area contributed by atoms with Crippen LogP contribution in [-0.2, 0) is 6.42 Å². The summed E-state index contributed by atoms with van der Waals surface area (Å²) in [6.45, 7) is 1.99. The number of nitrogens with two attached hydrogens (primary N) is 1. The lowest BCUT2D eigenvalue weighted by Gasteiger charge is -2.10. The molecule has 0 aliphatic carbocycles. The van der Waals surface area contributed by atoms with E-state index in [9.17, 15) is 0 Å². The van der Waals surface area contributed by atoms with Gasteiger partial charge in [0.2, 0.25) is 0 Å². The second-order valence-electron chi connectivity index (χ2n) is 5.15. The fraction of sp³-hybridized carbons (Fsp3) is 0.235. The quantitative estimate of drug-likeness (QED) is 0.800. The number of aromatic nitrogens is 2. The highest BCUT2D eigenvalue weighted by Gasteiger charge is 2.16. The van der Waals surface area contributed by atoms with Gasteiger partial charge in [-0.1, -0.05) is 24.3 Å². The molecule has 0 bridgehead atoms. The van der Waals surface area contributed by atoms with Gasteiger partial charge in [0.1, 0.15) is 11.4 Å². The molecule has 0 saturated carbocycles. The number of pyridine rings is 1. The molecule has 0 amide bonds. The molecule has 3 aromatic rings. The van der Waals surface area contributed by atoms with Gasteiger partial charge in [-0.2, -0.15) is 0 Å². The van der Waals surface area contributed by atoms with Gasteiger partial charge in [-0.25, -0.2) is 4.98 Å². The van der Waals surface area contributed by atoms with Crippen molar-refractivity contribution in [3.63, 3.8) is 0 Å². The van der Waals surface area contributed by atoms with E-state index in [4.69, 9.17) is 15.5 Å². The van der Waals surface area contributed by atoms with Crippen LogP contribution in [0.5, 0.6) is 5.75 Å². The summed E-state index contributed by atoms with van der Waals surface area (Å²) in [5, 5.41) is 0. The Hall–Kier alpha value is -2.33. The van der Waals surface area contributed by atoms with Gasteiger partial charge in [0, 0.05) is 24.2 Å². The van der Waals surface area contributed by atoms with Crippen molar-refractivity contribution in [2.75, 3.05) is 7.11 Å². The Balaban J connectivity index is 2.10. The summed E-state index contributed by atoms with van der Waals surface area (Å²) in [6, 6.07) is 13.9. The molecule has 1 atom stereocenters. The standard InChI is InChI=1S/C17H19N3O/c1-12(18)17-14(19-16-9-5-6-10-20(16)17)11-13-7-3-4-8-15(13)21-2/h3-10,12H,11,18H2,1-2H3. The topological polar surface area (TPSA) is 52.5 Å². The van der Waals surface area contributed by atoms with Crippen LogP contribution in [0.4, 0.5) is 0 Å². The van der Waals surface area contributed by atoms with Crippen molar-refractivity contribution in [3.05, 3.63) is 65.6 Å². The van der Waals surface area contributed by atoms with Crippen molar-refractivity contribution < 1.29 is 4.74 Å². The number of hydrogen-bond acceptors (Lipinski definition) is 3. The maximum Gasteiger partial charge on any atom is 0.137 e. The molecule has 1 aromatic carbocycles. The average molecular weight is 281 g/mol. The molecule has 108 valence electrons. The maximum atomic E-state index is 6.16. The number of para-hydroxylation sites is 1. The molecule has 2 heterocycles. The molecule has 0 aliphatic rings. The highest BCUT2D eigenvalue weighted by Crippen LogP contribution is 2.25. The van der Waals surface area contributed by atoms with Gasteiger partial charge in [0.15, 0.2) is 0 Å². The number of methoxy groups -OCH3 is 1. The molecule has 0 radical (unpaired) electrons. The number of imidazole rings is 1. The van der Waals surface area contributed by atoms with E-state index < -0.39 is 0 Å². The third-order valence-corrected chi connectivity index (χ3v) is 3.62. The van der Waals surface area contributed by atoms with E-state index in [1.54, 1.807) is 7.11 Å². The van der Waals surface area contributed by atoms with E-state index in [1.807, 2.05) is 49.5 Å². The lowest BCUT2D eigenvalue weighted by Crippen LogP contribution is -2.11.